The van der Waals surface area contributed by atoms with Gasteiger partial charge in [0.05, 0.1) is 5.56 Å². The van der Waals surface area contributed by atoms with Crippen molar-refractivity contribution in [1.82, 2.24) is 0 Å². The van der Waals surface area contributed by atoms with Crippen LogP contribution in [-0.4, -0.2) is 16.2 Å². The molecule has 2 N–H and O–H groups in total. The average Bonchev–Trinajstić information content (AvgIpc) is 2.29. The number of phenolic OH excluding ortho intramolecular Hbond substituents is 1. The summed E-state index contributed by atoms with van der Waals surface area (Å²) in [4.78, 5) is 10.9. The van der Waals surface area contributed by atoms with Gasteiger partial charge in [-0.15, -0.1) is 0 Å². The molecule has 0 fully saturated rings. The second-order valence-electron chi connectivity index (χ2n) is 3.58. The van der Waals surface area contributed by atoms with Gasteiger partial charge in [-0.05, 0) is 41.5 Å². The molecule has 0 saturated heterocycles. The van der Waals surface area contributed by atoms with Gasteiger partial charge in [-0.3, -0.25) is 0 Å². The molecule has 0 unspecified atom stereocenters. The molecule has 2 rings (SSSR count). The Bertz CT molecular complexity index is 561. The van der Waals surface area contributed by atoms with Crippen LogP contribution in [0, 0.1) is 0 Å². The summed E-state index contributed by atoms with van der Waals surface area (Å²) >= 11 is 5.77. The first-order chi connectivity index (χ1) is 8.06. The molecule has 2 aromatic rings. The van der Waals surface area contributed by atoms with Gasteiger partial charge in [0.25, 0.3) is 0 Å². The van der Waals surface area contributed by atoms with E-state index in [1.165, 1.54) is 18.2 Å². The van der Waals surface area contributed by atoms with Crippen LogP contribution >= 0.6 is 11.6 Å². The van der Waals surface area contributed by atoms with Crippen molar-refractivity contribution in [3.05, 3.63) is 53.1 Å². The first-order valence-corrected chi connectivity index (χ1v) is 5.27. The maximum atomic E-state index is 10.9. The highest BCUT2D eigenvalue weighted by Crippen LogP contribution is 2.26. The molecule has 4 heteroatoms. The van der Waals surface area contributed by atoms with Gasteiger partial charge in [0.2, 0.25) is 0 Å². The fraction of sp³-hybridized carbons (Fsp3) is 0. The zero-order chi connectivity index (χ0) is 12.4. The fourth-order valence-corrected chi connectivity index (χ4v) is 1.67. The molecule has 0 atom stereocenters. The van der Waals surface area contributed by atoms with E-state index >= 15 is 0 Å². The lowest BCUT2D eigenvalue weighted by molar-refractivity contribution is 0.0696. The predicted octanol–water partition coefficient (Wildman–Crippen LogP) is 3.41. The molecule has 0 saturated carbocycles. The molecule has 17 heavy (non-hydrogen) atoms. The minimum atomic E-state index is -1.07. The van der Waals surface area contributed by atoms with E-state index < -0.39 is 5.97 Å². The maximum Gasteiger partial charge on any atom is 0.335 e. The van der Waals surface area contributed by atoms with Crippen molar-refractivity contribution in [3.63, 3.8) is 0 Å². The van der Waals surface area contributed by atoms with Crippen LogP contribution in [0.1, 0.15) is 10.4 Å². The SMILES string of the molecule is O=C(O)c1cc(O)cc(-c2ccc(Cl)cc2)c1. The molecular formula is C13H9ClO3. The topological polar surface area (TPSA) is 57.5 Å². The summed E-state index contributed by atoms with van der Waals surface area (Å²) in [6.07, 6.45) is 0. The van der Waals surface area contributed by atoms with E-state index in [-0.39, 0.29) is 11.3 Å². The van der Waals surface area contributed by atoms with Gasteiger partial charge in [-0.1, -0.05) is 23.7 Å². The third-order valence-electron chi connectivity index (χ3n) is 2.34. The standard InChI is InChI=1S/C13H9ClO3/c14-11-3-1-8(2-4-11)9-5-10(13(16)17)7-12(15)6-9/h1-7,15H,(H,16,17). The number of carbonyl (C=O) groups is 1. The van der Waals surface area contributed by atoms with Gasteiger partial charge in [0.15, 0.2) is 0 Å². The third-order valence-corrected chi connectivity index (χ3v) is 2.59. The second-order valence-corrected chi connectivity index (χ2v) is 4.02. The van der Waals surface area contributed by atoms with Crippen molar-refractivity contribution in [2.45, 2.75) is 0 Å². The number of hydrogen-bond acceptors (Lipinski definition) is 2. The molecule has 0 spiro atoms. The lowest BCUT2D eigenvalue weighted by Crippen LogP contribution is -1.96. The van der Waals surface area contributed by atoms with Crippen molar-refractivity contribution >= 4 is 17.6 Å². The van der Waals surface area contributed by atoms with Crippen molar-refractivity contribution in [2.75, 3.05) is 0 Å². The molecule has 0 aliphatic heterocycles. The zero-order valence-electron chi connectivity index (χ0n) is 8.72. The van der Waals surface area contributed by atoms with Crippen molar-refractivity contribution in [1.29, 1.82) is 0 Å². The molecular weight excluding hydrogens is 240 g/mol. The second kappa shape index (κ2) is 4.47. The van der Waals surface area contributed by atoms with E-state index in [0.717, 1.165) is 5.56 Å². The summed E-state index contributed by atoms with van der Waals surface area (Å²) in [6, 6.07) is 11.2. The van der Waals surface area contributed by atoms with Gasteiger partial charge in [-0.25, -0.2) is 4.79 Å². The predicted molar refractivity (Wildman–Crippen MR) is 65.5 cm³/mol. The Morgan fingerprint density at radius 1 is 1.00 bits per heavy atom. The summed E-state index contributed by atoms with van der Waals surface area (Å²) < 4.78 is 0. The number of aromatic carboxylic acids is 1. The largest absolute Gasteiger partial charge is 0.508 e. The van der Waals surface area contributed by atoms with Crippen LogP contribution in [0.4, 0.5) is 0 Å². The van der Waals surface area contributed by atoms with Crippen LogP contribution in [0.25, 0.3) is 11.1 Å². The molecule has 0 aliphatic rings. The normalized spacial score (nSPS) is 10.2. The Morgan fingerprint density at radius 2 is 1.65 bits per heavy atom. The fourth-order valence-electron chi connectivity index (χ4n) is 1.54. The minimum absolute atomic E-state index is 0.0509. The quantitative estimate of drug-likeness (QED) is 0.856. The monoisotopic (exact) mass is 248 g/mol. The lowest BCUT2D eigenvalue weighted by atomic mass is 10.0. The minimum Gasteiger partial charge on any atom is -0.508 e. The van der Waals surface area contributed by atoms with Gasteiger partial charge < -0.3 is 10.2 Å². The first kappa shape index (κ1) is 11.5. The van der Waals surface area contributed by atoms with Gasteiger partial charge in [0, 0.05) is 5.02 Å². The molecule has 2 aromatic carbocycles. The highest BCUT2D eigenvalue weighted by Gasteiger charge is 2.07. The third kappa shape index (κ3) is 2.57. The molecule has 0 aliphatic carbocycles. The molecule has 0 heterocycles. The van der Waals surface area contributed by atoms with Crippen LogP contribution in [-0.2, 0) is 0 Å². The highest BCUT2D eigenvalue weighted by molar-refractivity contribution is 6.30. The first-order valence-electron chi connectivity index (χ1n) is 4.89. The average molecular weight is 249 g/mol. The summed E-state index contributed by atoms with van der Waals surface area (Å²) in [5, 5.41) is 19.0. The summed E-state index contributed by atoms with van der Waals surface area (Å²) in [5.74, 6) is -1.15. The molecule has 0 aromatic heterocycles. The lowest BCUT2D eigenvalue weighted by Gasteiger charge is -2.04. The molecule has 0 radical (unpaired) electrons. The molecule has 86 valence electrons. The number of halogens is 1. The number of aromatic hydroxyl groups is 1. The van der Waals surface area contributed by atoms with E-state index in [0.29, 0.717) is 10.6 Å². The van der Waals surface area contributed by atoms with Crippen molar-refractivity contribution < 1.29 is 15.0 Å². The number of carboxylic acid groups (broad SMARTS) is 1. The van der Waals surface area contributed by atoms with E-state index in [4.69, 9.17) is 16.7 Å². The Kier molecular flexibility index (Phi) is 3.02. The number of carboxylic acids is 1. The van der Waals surface area contributed by atoms with Crippen LogP contribution < -0.4 is 0 Å². The summed E-state index contributed by atoms with van der Waals surface area (Å²) in [5.41, 5.74) is 1.49. The Balaban J connectivity index is 2.51. The molecule has 0 amide bonds. The number of phenols is 1. The van der Waals surface area contributed by atoms with Crippen LogP contribution in [0.5, 0.6) is 5.75 Å². The van der Waals surface area contributed by atoms with Crippen molar-refractivity contribution in [3.8, 4) is 16.9 Å². The number of benzene rings is 2. The van der Waals surface area contributed by atoms with E-state index in [2.05, 4.69) is 0 Å². The van der Waals surface area contributed by atoms with Gasteiger partial charge in [0.1, 0.15) is 5.75 Å². The zero-order valence-corrected chi connectivity index (χ0v) is 9.48. The van der Waals surface area contributed by atoms with Crippen LogP contribution in [0.15, 0.2) is 42.5 Å². The molecule has 0 bridgehead atoms. The van der Waals surface area contributed by atoms with Gasteiger partial charge >= 0.3 is 5.97 Å². The Labute approximate surface area is 103 Å². The van der Waals surface area contributed by atoms with E-state index in [9.17, 15) is 9.90 Å². The van der Waals surface area contributed by atoms with Crippen LogP contribution in [0.3, 0.4) is 0 Å². The molecule has 3 nitrogen and oxygen atoms in total. The Morgan fingerprint density at radius 3 is 2.24 bits per heavy atom. The number of rotatable bonds is 2. The van der Waals surface area contributed by atoms with Crippen LogP contribution in [0.2, 0.25) is 5.02 Å². The summed E-state index contributed by atoms with van der Waals surface area (Å²) in [6.45, 7) is 0. The van der Waals surface area contributed by atoms with Crippen molar-refractivity contribution in [2.24, 2.45) is 0 Å². The summed E-state index contributed by atoms with van der Waals surface area (Å²) in [7, 11) is 0. The maximum absolute atomic E-state index is 10.9. The highest BCUT2D eigenvalue weighted by atomic mass is 35.5. The number of hydrogen-bond donors (Lipinski definition) is 2. The van der Waals surface area contributed by atoms with E-state index in [1.54, 1.807) is 24.3 Å². The van der Waals surface area contributed by atoms with E-state index in [1.807, 2.05) is 0 Å². The Hall–Kier alpha value is -2.00. The van der Waals surface area contributed by atoms with Gasteiger partial charge in [-0.2, -0.15) is 0 Å². The smallest absolute Gasteiger partial charge is 0.335 e.